The normalized spacial score (nSPS) is 10.6. The van der Waals surface area contributed by atoms with Crippen molar-refractivity contribution in [1.82, 2.24) is 15.1 Å². The number of aromatic nitrogens is 2. The van der Waals surface area contributed by atoms with Crippen molar-refractivity contribution in [3.05, 3.63) is 89.2 Å². The Labute approximate surface area is 180 Å². The van der Waals surface area contributed by atoms with E-state index in [0.717, 1.165) is 10.2 Å². The van der Waals surface area contributed by atoms with Gasteiger partial charge >= 0.3 is 0 Å². The fraction of sp³-hybridized carbons (Fsp3) is 0.0455. The van der Waals surface area contributed by atoms with Gasteiger partial charge in [0, 0.05) is 10.5 Å². The SMILES string of the molecule is O=C(CNC(=O)c1cc(-c2ccco2)nn1-c1ccccc1)Nc1ccccc1Br. The van der Waals surface area contributed by atoms with E-state index >= 15 is 0 Å². The van der Waals surface area contributed by atoms with Gasteiger partial charge in [-0.25, -0.2) is 4.68 Å². The Bertz CT molecular complexity index is 1170. The van der Waals surface area contributed by atoms with Crippen LogP contribution in [0.5, 0.6) is 0 Å². The van der Waals surface area contributed by atoms with Crippen molar-refractivity contribution in [2.75, 3.05) is 11.9 Å². The maximum absolute atomic E-state index is 12.9. The molecule has 0 bridgehead atoms. The van der Waals surface area contributed by atoms with E-state index in [-0.39, 0.29) is 12.5 Å². The number of nitrogens with zero attached hydrogens (tertiary/aromatic N) is 2. The number of halogens is 1. The molecule has 0 spiro atoms. The molecule has 150 valence electrons. The van der Waals surface area contributed by atoms with Gasteiger partial charge in [-0.15, -0.1) is 0 Å². The van der Waals surface area contributed by atoms with Crippen LogP contribution in [-0.4, -0.2) is 28.1 Å². The summed E-state index contributed by atoms with van der Waals surface area (Å²) in [5.74, 6) is -0.218. The molecule has 0 aliphatic rings. The lowest BCUT2D eigenvalue weighted by Crippen LogP contribution is -2.34. The zero-order chi connectivity index (χ0) is 20.9. The molecule has 30 heavy (non-hydrogen) atoms. The number of rotatable bonds is 6. The van der Waals surface area contributed by atoms with E-state index in [1.807, 2.05) is 48.5 Å². The van der Waals surface area contributed by atoms with Crippen molar-refractivity contribution in [3.8, 4) is 17.1 Å². The lowest BCUT2D eigenvalue weighted by Gasteiger charge is -2.09. The first kappa shape index (κ1) is 19.7. The summed E-state index contributed by atoms with van der Waals surface area (Å²) in [5.41, 5.74) is 2.16. The summed E-state index contributed by atoms with van der Waals surface area (Å²) in [6, 6.07) is 21.7. The standard InChI is InChI=1S/C22H17BrN4O3/c23-16-9-4-5-10-17(16)25-21(28)14-24-22(29)19-13-18(20-11-6-12-30-20)26-27(19)15-7-2-1-3-8-15/h1-13H,14H2,(H,24,29)(H,25,28). The summed E-state index contributed by atoms with van der Waals surface area (Å²) in [4.78, 5) is 25.1. The van der Waals surface area contributed by atoms with Crippen LogP contribution in [0.1, 0.15) is 10.5 Å². The van der Waals surface area contributed by atoms with Crippen LogP contribution in [0.3, 0.4) is 0 Å². The molecule has 0 fully saturated rings. The fourth-order valence-corrected chi connectivity index (χ4v) is 3.25. The molecule has 0 radical (unpaired) electrons. The van der Waals surface area contributed by atoms with Gasteiger partial charge in [-0.3, -0.25) is 9.59 Å². The number of benzene rings is 2. The van der Waals surface area contributed by atoms with E-state index in [9.17, 15) is 9.59 Å². The van der Waals surface area contributed by atoms with Crippen LogP contribution < -0.4 is 10.6 Å². The second-order valence-electron chi connectivity index (χ2n) is 6.35. The Morgan fingerprint density at radius 2 is 1.77 bits per heavy atom. The molecule has 0 atom stereocenters. The molecule has 4 aromatic rings. The van der Waals surface area contributed by atoms with E-state index in [2.05, 4.69) is 31.7 Å². The van der Waals surface area contributed by atoms with E-state index in [1.165, 1.54) is 4.68 Å². The van der Waals surface area contributed by atoms with Crippen LogP contribution in [0, 0.1) is 0 Å². The maximum atomic E-state index is 12.9. The van der Waals surface area contributed by atoms with E-state index < -0.39 is 5.91 Å². The summed E-state index contributed by atoms with van der Waals surface area (Å²) < 4.78 is 7.69. The minimum atomic E-state index is -0.425. The van der Waals surface area contributed by atoms with Gasteiger partial charge in [-0.2, -0.15) is 5.10 Å². The fourth-order valence-electron chi connectivity index (χ4n) is 2.86. The third-order valence-electron chi connectivity index (χ3n) is 4.27. The number of carbonyl (C=O) groups excluding carboxylic acids is 2. The Morgan fingerprint density at radius 1 is 1.00 bits per heavy atom. The molecule has 2 aromatic heterocycles. The summed E-state index contributed by atoms with van der Waals surface area (Å²) in [5, 5.41) is 9.91. The Balaban J connectivity index is 1.53. The average Bonchev–Trinajstić information content (AvgIpc) is 3.44. The lowest BCUT2D eigenvalue weighted by molar-refractivity contribution is -0.115. The smallest absolute Gasteiger partial charge is 0.270 e. The second kappa shape index (κ2) is 8.79. The topological polar surface area (TPSA) is 89.2 Å². The van der Waals surface area contributed by atoms with Gasteiger partial charge in [-0.1, -0.05) is 30.3 Å². The third kappa shape index (κ3) is 4.33. The summed E-state index contributed by atoms with van der Waals surface area (Å²) in [6.07, 6.45) is 1.54. The number of carbonyl (C=O) groups is 2. The summed E-state index contributed by atoms with van der Waals surface area (Å²) >= 11 is 3.38. The van der Waals surface area contributed by atoms with Gasteiger partial charge in [0.2, 0.25) is 5.91 Å². The van der Waals surface area contributed by atoms with Gasteiger partial charge < -0.3 is 15.1 Å². The predicted octanol–water partition coefficient (Wildman–Crippen LogP) is 4.26. The minimum Gasteiger partial charge on any atom is -0.463 e. The first-order chi connectivity index (χ1) is 14.6. The summed E-state index contributed by atoms with van der Waals surface area (Å²) in [6.45, 7) is -0.184. The highest BCUT2D eigenvalue weighted by Gasteiger charge is 2.19. The average molecular weight is 465 g/mol. The molecule has 8 heteroatoms. The van der Waals surface area contributed by atoms with Gasteiger partial charge in [0.15, 0.2) is 5.76 Å². The quantitative estimate of drug-likeness (QED) is 0.445. The van der Waals surface area contributed by atoms with Crippen LogP contribution in [-0.2, 0) is 4.79 Å². The molecule has 0 unspecified atom stereocenters. The number of nitrogens with one attached hydrogen (secondary N) is 2. The molecular formula is C22H17BrN4O3. The van der Waals surface area contributed by atoms with Crippen molar-refractivity contribution in [2.45, 2.75) is 0 Å². The van der Waals surface area contributed by atoms with Crippen molar-refractivity contribution in [2.24, 2.45) is 0 Å². The number of furan rings is 1. The Morgan fingerprint density at radius 3 is 2.50 bits per heavy atom. The predicted molar refractivity (Wildman–Crippen MR) is 116 cm³/mol. The molecule has 7 nitrogen and oxygen atoms in total. The van der Waals surface area contributed by atoms with Crippen LogP contribution in [0.15, 0.2) is 87.9 Å². The molecular weight excluding hydrogens is 448 g/mol. The Kier molecular flexibility index (Phi) is 5.76. The number of para-hydroxylation sites is 2. The van der Waals surface area contributed by atoms with E-state index in [0.29, 0.717) is 22.8 Å². The van der Waals surface area contributed by atoms with Crippen LogP contribution in [0.4, 0.5) is 5.69 Å². The molecule has 2 heterocycles. The molecule has 0 aliphatic carbocycles. The second-order valence-corrected chi connectivity index (χ2v) is 7.20. The van der Waals surface area contributed by atoms with Crippen molar-refractivity contribution >= 4 is 33.4 Å². The highest BCUT2D eigenvalue weighted by Crippen LogP contribution is 2.23. The maximum Gasteiger partial charge on any atom is 0.270 e. The van der Waals surface area contributed by atoms with Gasteiger partial charge in [0.1, 0.15) is 11.4 Å². The highest BCUT2D eigenvalue weighted by atomic mass is 79.9. The molecule has 2 N–H and O–H groups in total. The zero-order valence-electron chi connectivity index (χ0n) is 15.7. The number of hydrogen-bond acceptors (Lipinski definition) is 4. The van der Waals surface area contributed by atoms with Gasteiger partial charge in [0.25, 0.3) is 5.91 Å². The van der Waals surface area contributed by atoms with Crippen LogP contribution >= 0.6 is 15.9 Å². The minimum absolute atomic E-state index is 0.184. The molecule has 2 aromatic carbocycles. The summed E-state index contributed by atoms with van der Waals surface area (Å²) in [7, 11) is 0. The number of amides is 2. The zero-order valence-corrected chi connectivity index (χ0v) is 17.3. The Hall–Kier alpha value is -3.65. The van der Waals surface area contributed by atoms with Gasteiger partial charge in [-0.05, 0) is 52.3 Å². The molecule has 0 aliphatic heterocycles. The lowest BCUT2D eigenvalue weighted by atomic mass is 10.2. The van der Waals surface area contributed by atoms with Crippen molar-refractivity contribution < 1.29 is 14.0 Å². The monoisotopic (exact) mass is 464 g/mol. The van der Waals surface area contributed by atoms with Crippen LogP contribution in [0.25, 0.3) is 17.1 Å². The van der Waals surface area contributed by atoms with E-state index in [1.54, 1.807) is 30.5 Å². The molecule has 0 saturated carbocycles. The molecule has 2 amide bonds. The molecule has 0 saturated heterocycles. The first-order valence-electron chi connectivity index (χ1n) is 9.14. The van der Waals surface area contributed by atoms with Crippen LogP contribution in [0.2, 0.25) is 0 Å². The van der Waals surface area contributed by atoms with E-state index in [4.69, 9.17) is 4.42 Å². The van der Waals surface area contributed by atoms with Crippen molar-refractivity contribution in [1.29, 1.82) is 0 Å². The largest absolute Gasteiger partial charge is 0.463 e. The third-order valence-corrected chi connectivity index (χ3v) is 4.97. The van der Waals surface area contributed by atoms with Gasteiger partial charge in [0.05, 0.1) is 24.2 Å². The first-order valence-corrected chi connectivity index (χ1v) is 9.93. The molecule has 4 rings (SSSR count). The highest BCUT2D eigenvalue weighted by molar-refractivity contribution is 9.10. The number of hydrogen-bond donors (Lipinski definition) is 2. The van der Waals surface area contributed by atoms with Crippen molar-refractivity contribution in [3.63, 3.8) is 0 Å². The number of anilines is 1.